The summed E-state index contributed by atoms with van der Waals surface area (Å²) in [4.78, 5) is 0. The number of hydrogen-bond donors (Lipinski definition) is 0. The average molecular weight is 348 g/mol. The zero-order valence-corrected chi connectivity index (χ0v) is 16.4. The minimum atomic E-state index is 0.0423. The van der Waals surface area contributed by atoms with Gasteiger partial charge in [-0.1, -0.05) is 85.6 Å². The van der Waals surface area contributed by atoms with Gasteiger partial charge in [-0.05, 0) is 70.1 Å². The number of hydrogen-bond acceptors (Lipinski definition) is 0. The summed E-state index contributed by atoms with van der Waals surface area (Å²) in [5.74, 6) is 0. The van der Waals surface area contributed by atoms with Crippen LogP contribution in [0.25, 0.3) is 33.0 Å². The van der Waals surface area contributed by atoms with Gasteiger partial charge >= 0.3 is 0 Å². The van der Waals surface area contributed by atoms with Gasteiger partial charge in [-0.15, -0.1) is 0 Å². The highest BCUT2D eigenvalue weighted by atomic mass is 14.4. The molecule has 0 aliphatic heterocycles. The maximum Gasteiger partial charge on any atom is 0.0159 e. The van der Waals surface area contributed by atoms with Gasteiger partial charge in [-0.2, -0.15) is 0 Å². The van der Waals surface area contributed by atoms with Crippen LogP contribution in [-0.4, -0.2) is 0 Å². The van der Waals surface area contributed by atoms with Crippen LogP contribution in [0.5, 0.6) is 0 Å². The Bertz CT molecular complexity index is 1210. The molecule has 0 saturated heterocycles. The average Bonchev–Trinajstić information content (AvgIpc) is 2.88. The Kier molecular flexibility index (Phi) is 3.37. The summed E-state index contributed by atoms with van der Waals surface area (Å²) >= 11 is 0. The molecule has 0 nitrogen and oxygen atoms in total. The van der Waals surface area contributed by atoms with Gasteiger partial charge in [-0.3, -0.25) is 0 Å². The molecule has 0 radical (unpaired) electrons. The summed E-state index contributed by atoms with van der Waals surface area (Å²) in [7, 11) is 0. The van der Waals surface area contributed by atoms with Crippen molar-refractivity contribution >= 4 is 10.8 Å². The van der Waals surface area contributed by atoms with Crippen molar-refractivity contribution in [3.63, 3.8) is 0 Å². The summed E-state index contributed by atoms with van der Waals surface area (Å²) in [5.41, 5.74) is 10.9. The molecule has 0 heteroatoms. The lowest BCUT2D eigenvalue weighted by Gasteiger charge is -2.22. The van der Waals surface area contributed by atoms with Crippen LogP contribution in [0, 0.1) is 13.8 Å². The van der Waals surface area contributed by atoms with E-state index in [4.69, 9.17) is 0 Å². The van der Waals surface area contributed by atoms with E-state index in [1.165, 1.54) is 55.3 Å². The summed E-state index contributed by atoms with van der Waals surface area (Å²) in [6, 6.07) is 27.3. The van der Waals surface area contributed by atoms with Crippen LogP contribution in [-0.2, 0) is 5.41 Å². The molecule has 0 N–H and O–H groups in total. The molecule has 0 unspecified atom stereocenters. The number of benzene rings is 4. The van der Waals surface area contributed by atoms with Gasteiger partial charge < -0.3 is 0 Å². The van der Waals surface area contributed by atoms with Crippen molar-refractivity contribution in [2.45, 2.75) is 33.1 Å². The molecule has 27 heavy (non-hydrogen) atoms. The fourth-order valence-electron chi connectivity index (χ4n) is 4.58. The standard InChI is InChI=1S/C27H24/c1-17-5-7-20-15-21(9-8-19(20)13-17)22-10-12-24-23-11-6-18(2)14-25(23)27(3,4)26(24)16-22/h5-16H,1-4H3. The molecule has 0 atom stereocenters. The minimum absolute atomic E-state index is 0.0423. The van der Waals surface area contributed by atoms with E-state index in [1.807, 2.05) is 0 Å². The second-order valence-corrected chi connectivity index (χ2v) is 8.50. The fraction of sp³-hybridized carbons (Fsp3) is 0.185. The van der Waals surface area contributed by atoms with Gasteiger partial charge in [0.2, 0.25) is 0 Å². The van der Waals surface area contributed by atoms with Crippen LogP contribution in [0.2, 0.25) is 0 Å². The third-order valence-corrected chi connectivity index (χ3v) is 6.16. The second-order valence-electron chi connectivity index (χ2n) is 8.50. The minimum Gasteiger partial charge on any atom is -0.0587 e. The van der Waals surface area contributed by atoms with Crippen molar-refractivity contribution in [2.75, 3.05) is 0 Å². The highest BCUT2D eigenvalue weighted by Crippen LogP contribution is 2.49. The van der Waals surface area contributed by atoms with E-state index in [0.29, 0.717) is 0 Å². The van der Waals surface area contributed by atoms with Crippen molar-refractivity contribution in [1.29, 1.82) is 0 Å². The quantitative estimate of drug-likeness (QED) is 0.335. The summed E-state index contributed by atoms with van der Waals surface area (Å²) in [6.07, 6.45) is 0. The Morgan fingerprint density at radius 3 is 1.85 bits per heavy atom. The molecule has 0 heterocycles. The SMILES string of the molecule is Cc1ccc2c(c1)C(C)(C)c1cc(-c3ccc4cc(C)ccc4c3)ccc1-2. The first-order valence-corrected chi connectivity index (χ1v) is 9.70. The van der Waals surface area contributed by atoms with Crippen molar-refractivity contribution in [1.82, 2.24) is 0 Å². The molecule has 0 spiro atoms. The van der Waals surface area contributed by atoms with E-state index in [1.54, 1.807) is 0 Å². The molecule has 0 aromatic heterocycles. The first kappa shape index (κ1) is 16.3. The zero-order chi connectivity index (χ0) is 18.8. The molecular formula is C27H24. The third-order valence-electron chi connectivity index (χ3n) is 6.16. The Morgan fingerprint density at radius 2 is 1.04 bits per heavy atom. The van der Waals surface area contributed by atoms with Crippen LogP contribution >= 0.6 is 0 Å². The lowest BCUT2D eigenvalue weighted by atomic mass is 9.81. The van der Waals surface area contributed by atoms with Gasteiger partial charge in [-0.25, -0.2) is 0 Å². The molecule has 1 aliphatic carbocycles. The van der Waals surface area contributed by atoms with E-state index in [0.717, 1.165) is 0 Å². The molecule has 5 rings (SSSR count). The maximum atomic E-state index is 2.40. The van der Waals surface area contributed by atoms with Gasteiger partial charge in [0.25, 0.3) is 0 Å². The highest BCUT2D eigenvalue weighted by Gasteiger charge is 2.35. The number of fused-ring (bicyclic) bond motifs is 4. The highest BCUT2D eigenvalue weighted by molar-refractivity contribution is 5.89. The van der Waals surface area contributed by atoms with E-state index in [9.17, 15) is 0 Å². The molecule has 132 valence electrons. The Hall–Kier alpha value is -2.86. The van der Waals surface area contributed by atoms with E-state index >= 15 is 0 Å². The van der Waals surface area contributed by atoms with E-state index < -0.39 is 0 Å². The topological polar surface area (TPSA) is 0 Å². The van der Waals surface area contributed by atoms with Crippen molar-refractivity contribution < 1.29 is 0 Å². The maximum absolute atomic E-state index is 2.40. The van der Waals surface area contributed by atoms with Crippen LogP contribution in [0.3, 0.4) is 0 Å². The molecule has 0 bridgehead atoms. The normalized spacial score (nSPS) is 14.2. The van der Waals surface area contributed by atoms with Crippen LogP contribution in [0.15, 0.2) is 72.8 Å². The van der Waals surface area contributed by atoms with Crippen molar-refractivity contribution in [3.05, 3.63) is 95.1 Å². The van der Waals surface area contributed by atoms with Gasteiger partial charge in [0.15, 0.2) is 0 Å². The summed E-state index contributed by atoms with van der Waals surface area (Å²) in [6.45, 7) is 9.03. The Morgan fingerprint density at radius 1 is 0.519 bits per heavy atom. The molecule has 4 aromatic rings. The summed E-state index contributed by atoms with van der Waals surface area (Å²) in [5, 5.41) is 2.61. The number of aryl methyl sites for hydroxylation is 2. The molecule has 0 fully saturated rings. The van der Waals surface area contributed by atoms with Gasteiger partial charge in [0, 0.05) is 5.41 Å². The largest absolute Gasteiger partial charge is 0.0587 e. The lowest BCUT2D eigenvalue weighted by Crippen LogP contribution is -2.15. The fourth-order valence-corrected chi connectivity index (χ4v) is 4.58. The zero-order valence-electron chi connectivity index (χ0n) is 16.4. The molecule has 0 amide bonds. The number of rotatable bonds is 1. The van der Waals surface area contributed by atoms with Crippen molar-refractivity contribution in [3.8, 4) is 22.3 Å². The predicted octanol–water partition coefficient (Wildman–Crippen LogP) is 7.43. The van der Waals surface area contributed by atoms with Crippen LogP contribution < -0.4 is 0 Å². The first-order valence-electron chi connectivity index (χ1n) is 9.70. The molecule has 0 saturated carbocycles. The van der Waals surface area contributed by atoms with Crippen molar-refractivity contribution in [2.24, 2.45) is 0 Å². The Balaban J connectivity index is 1.67. The van der Waals surface area contributed by atoms with Gasteiger partial charge in [0.1, 0.15) is 0 Å². The first-order chi connectivity index (χ1) is 12.9. The monoisotopic (exact) mass is 348 g/mol. The third kappa shape index (κ3) is 2.44. The molecule has 4 aromatic carbocycles. The molecule has 1 aliphatic rings. The summed E-state index contributed by atoms with van der Waals surface area (Å²) < 4.78 is 0. The second kappa shape index (κ2) is 5.57. The van der Waals surface area contributed by atoms with E-state index in [2.05, 4.69) is 100 Å². The predicted molar refractivity (Wildman–Crippen MR) is 116 cm³/mol. The molecular weight excluding hydrogens is 324 g/mol. The smallest absolute Gasteiger partial charge is 0.0159 e. The van der Waals surface area contributed by atoms with Crippen LogP contribution in [0.1, 0.15) is 36.1 Å². The van der Waals surface area contributed by atoms with E-state index in [-0.39, 0.29) is 5.41 Å². The lowest BCUT2D eigenvalue weighted by molar-refractivity contribution is 0.660. The van der Waals surface area contributed by atoms with Crippen LogP contribution in [0.4, 0.5) is 0 Å². The van der Waals surface area contributed by atoms with Gasteiger partial charge in [0.05, 0.1) is 0 Å². The Labute approximate surface area is 161 Å².